The predicted octanol–water partition coefficient (Wildman–Crippen LogP) is 0.550. The Morgan fingerprint density at radius 2 is 1.95 bits per heavy atom. The van der Waals surface area contributed by atoms with Crippen LogP contribution in [-0.4, -0.2) is 52.0 Å². The van der Waals surface area contributed by atoms with Crippen LogP contribution in [0.15, 0.2) is 30.3 Å². The summed E-state index contributed by atoms with van der Waals surface area (Å²) in [5, 5.41) is 11.6. The van der Waals surface area contributed by atoms with Gasteiger partial charge in [-0.1, -0.05) is 23.4 Å². The van der Waals surface area contributed by atoms with Gasteiger partial charge in [-0.25, -0.2) is 4.68 Å². The molecule has 1 amide bonds. The lowest BCUT2D eigenvalue weighted by atomic mass is 10.2. The van der Waals surface area contributed by atoms with E-state index in [-0.39, 0.29) is 5.91 Å². The second-order valence-electron chi connectivity index (χ2n) is 5.18. The van der Waals surface area contributed by atoms with Crippen LogP contribution in [0, 0.1) is 6.92 Å². The van der Waals surface area contributed by atoms with Crippen LogP contribution in [0.1, 0.15) is 11.4 Å². The molecule has 2 heterocycles. The summed E-state index contributed by atoms with van der Waals surface area (Å²) in [5.74, 6) is 0.125. The average molecular weight is 285 g/mol. The van der Waals surface area contributed by atoms with Crippen LogP contribution in [-0.2, 0) is 11.2 Å². The van der Waals surface area contributed by atoms with Crippen LogP contribution in [0.3, 0.4) is 0 Å². The summed E-state index contributed by atoms with van der Waals surface area (Å²) < 4.78 is 1.78. The lowest BCUT2D eigenvalue weighted by Crippen LogP contribution is -2.47. The molecule has 110 valence electrons. The Labute approximate surface area is 123 Å². The second kappa shape index (κ2) is 6.05. The van der Waals surface area contributed by atoms with E-state index in [4.69, 9.17) is 0 Å². The molecule has 1 saturated heterocycles. The topological polar surface area (TPSA) is 63.1 Å². The number of hydrogen-bond donors (Lipinski definition) is 1. The Morgan fingerprint density at radius 1 is 1.24 bits per heavy atom. The van der Waals surface area contributed by atoms with Gasteiger partial charge >= 0.3 is 0 Å². The number of hydrogen-bond acceptors (Lipinski definition) is 4. The summed E-state index contributed by atoms with van der Waals surface area (Å²) in [6.07, 6.45) is 0.318. The molecule has 1 aromatic carbocycles. The van der Waals surface area contributed by atoms with E-state index in [2.05, 4.69) is 15.6 Å². The first-order chi connectivity index (χ1) is 10.3. The minimum absolute atomic E-state index is 0.125. The van der Waals surface area contributed by atoms with Gasteiger partial charge in [-0.2, -0.15) is 0 Å². The van der Waals surface area contributed by atoms with Gasteiger partial charge in [-0.15, -0.1) is 5.10 Å². The van der Waals surface area contributed by atoms with Gasteiger partial charge in [0.05, 0.1) is 23.5 Å². The molecule has 0 spiro atoms. The van der Waals surface area contributed by atoms with Crippen molar-refractivity contribution in [2.45, 2.75) is 13.3 Å². The van der Waals surface area contributed by atoms with Crippen molar-refractivity contribution in [3.63, 3.8) is 0 Å². The predicted molar refractivity (Wildman–Crippen MR) is 79.2 cm³/mol. The van der Waals surface area contributed by atoms with Gasteiger partial charge in [-0.3, -0.25) is 4.79 Å². The SMILES string of the molecule is Cc1c(CC(=O)N2CCNCC2)nnn1-c1ccccc1. The molecule has 0 atom stereocenters. The highest BCUT2D eigenvalue weighted by atomic mass is 16.2. The van der Waals surface area contributed by atoms with E-state index >= 15 is 0 Å². The number of para-hydroxylation sites is 1. The third-order valence-electron chi connectivity index (χ3n) is 3.78. The number of amides is 1. The van der Waals surface area contributed by atoms with Crippen LogP contribution in [0.25, 0.3) is 5.69 Å². The van der Waals surface area contributed by atoms with Crippen molar-refractivity contribution in [2.24, 2.45) is 0 Å². The van der Waals surface area contributed by atoms with Gasteiger partial charge < -0.3 is 10.2 Å². The molecular formula is C15H19N5O. The molecule has 21 heavy (non-hydrogen) atoms. The molecule has 3 rings (SSSR count). The molecule has 0 radical (unpaired) electrons. The third-order valence-corrected chi connectivity index (χ3v) is 3.78. The molecule has 0 bridgehead atoms. The monoisotopic (exact) mass is 285 g/mol. The zero-order chi connectivity index (χ0) is 14.7. The van der Waals surface area contributed by atoms with Crippen molar-refractivity contribution in [3.05, 3.63) is 41.7 Å². The van der Waals surface area contributed by atoms with Gasteiger partial charge in [0.1, 0.15) is 0 Å². The Hall–Kier alpha value is -2.21. The molecule has 0 unspecified atom stereocenters. The van der Waals surface area contributed by atoms with Gasteiger partial charge in [0, 0.05) is 26.2 Å². The van der Waals surface area contributed by atoms with E-state index in [1.165, 1.54) is 0 Å². The van der Waals surface area contributed by atoms with Gasteiger partial charge in [0.25, 0.3) is 0 Å². The number of nitrogens with zero attached hydrogens (tertiary/aromatic N) is 4. The molecule has 0 aliphatic carbocycles. The van der Waals surface area contributed by atoms with Crippen molar-refractivity contribution in [3.8, 4) is 5.69 Å². The Balaban J connectivity index is 1.75. The number of rotatable bonds is 3. The molecule has 6 nitrogen and oxygen atoms in total. The van der Waals surface area contributed by atoms with Crippen molar-refractivity contribution in [2.75, 3.05) is 26.2 Å². The Kier molecular flexibility index (Phi) is 3.96. The highest BCUT2D eigenvalue weighted by molar-refractivity contribution is 5.78. The van der Waals surface area contributed by atoms with Crippen LogP contribution in [0.4, 0.5) is 0 Å². The Morgan fingerprint density at radius 3 is 2.67 bits per heavy atom. The summed E-state index contributed by atoms with van der Waals surface area (Å²) in [5.41, 5.74) is 2.63. The first-order valence-corrected chi connectivity index (χ1v) is 7.21. The summed E-state index contributed by atoms with van der Waals surface area (Å²) in [6.45, 7) is 5.21. The normalized spacial score (nSPS) is 15.2. The van der Waals surface area contributed by atoms with Crippen LogP contribution >= 0.6 is 0 Å². The minimum atomic E-state index is 0.125. The van der Waals surface area contributed by atoms with Crippen molar-refractivity contribution in [1.82, 2.24) is 25.2 Å². The van der Waals surface area contributed by atoms with E-state index < -0.39 is 0 Å². The van der Waals surface area contributed by atoms with Gasteiger partial charge in [0.2, 0.25) is 5.91 Å². The number of nitrogens with one attached hydrogen (secondary N) is 1. The number of carbonyl (C=O) groups excluding carboxylic acids is 1. The fourth-order valence-corrected chi connectivity index (χ4v) is 2.51. The number of piperazine rings is 1. The molecule has 1 aromatic heterocycles. The zero-order valence-corrected chi connectivity index (χ0v) is 12.1. The molecular weight excluding hydrogens is 266 g/mol. The summed E-state index contributed by atoms with van der Waals surface area (Å²) in [7, 11) is 0. The largest absolute Gasteiger partial charge is 0.340 e. The molecule has 1 aliphatic rings. The van der Waals surface area contributed by atoms with Gasteiger partial charge in [-0.05, 0) is 19.1 Å². The van der Waals surface area contributed by atoms with Gasteiger partial charge in [0.15, 0.2) is 0 Å². The smallest absolute Gasteiger partial charge is 0.228 e. The second-order valence-corrected chi connectivity index (χ2v) is 5.18. The maximum absolute atomic E-state index is 12.3. The standard InChI is InChI=1S/C15H19N5O/c1-12-14(11-15(21)19-9-7-16-8-10-19)17-18-20(12)13-5-3-2-4-6-13/h2-6,16H,7-11H2,1H3. The highest BCUT2D eigenvalue weighted by Gasteiger charge is 2.19. The van der Waals surface area contributed by atoms with Crippen molar-refractivity contribution < 1.29 is 4.79 Å². The van der Waals surface area contributed by atoms with Crippen molar-refractivity contribution >= 4 is 5.91 Å². The summed E-state index contributed by atoms with van der Waals surface area (Å²) >= 11 is 0. The fraction of sp³-hybridized carbons (Fsp3) is 0.400. The molecule has 0 saturated carbocycles. The quantitative estimate of drug-likeness (QED) is 0.894. The number of aromatic nitrogens is 3. The lowest BCUT2D eigenvalue weighted by molar-refractivity contribution is -0.131. The zero-order valence-electron chi connectivity index (χ0n) is 12.1. The molecule has 1 N–H and O–H groups in total. The summed E-state index contributed by atoms with van der Waals surface area (Å²) in [6, 6.07) is 9.84. The molecule has 1 fully saturated rings. The third kappa shape index (κ3) is 2.95. The summed E-state index contributed by atoms with van der Waals surface area (Å²) in [4.78, 5) is 14.2. The first kappa shape index (κ1) is 13.8. The molecule has 2 aromatic rings. The van der Waals surface area contributed by atoms with E-state index in [0.29, 0.717) is 6.42 Å². The van der Waals surface area contributed by atoms with Crippen LogP contribution < -0.4 is 5.32 Å². The van der Waals surface area contributed by atoms with Crippen LogP contribution in [0.5, 0.6) is 0 Å². The van der Waals surface area contributed by atoms with Crippen molar-refractivity contribution in [1.29, 1.82) is 0 Å². The highest BCUT2D eigenvalue weighted by Crippen LogP contribution is 2.13. The molecule has 6 heteroatoms. The van der Waals surface area contributed by atoms with E-state index in [1.54, 1.807) is 4.68 Å². The lowest BCUT2D eigenvalue weighted by Gasteiger charge is -2.27. The van der Waals surface area contributed by atoms with E-state index in [9.17, 15) is 4.79 Å². The Bertz CT molecular complexity index is 616. The van der Waals surface area contributed by atoms with E-state index in [1.807, 2.05) is 42.2 Å². The average Bonchev–Trinajstić information content (AvgIpc) is 2.90. The fourth-order valence-electron chi connectivity index (χ4n) is 2.51. The maximum Gasteiger partial charge on any atom is 0.228 e. The minimum Gasteiger partial charge on any atom is -0.340 e. The van der Waals surface area contributed by atoms with Crippen LogP contribution in [0.2, 0.25) is 0 Å². The molecule has 1 aliphatic heterocycles. The van der Waals surface area contributed by atoms with E-state index in [0.717, 1.165) is 43.3 Å². The maximum atomic E-state index is 12.3. The number of carbonyl (C=O) groups is 1. The number of benzene rings is 1. The first-order valence-electron chi connectivity index (χ1n) is 7.21.